The van der Waals surface area contributed by atoms with Crippen molar-refractivity contribution in [3.8, 4) is 11.6 Å². The molecule has 4 rings (SSSR count). The quantitative estimate of drug-likeness (QED) is 0.585. The highest BCUT2D eigenvalue weighted by Gasteiger charge is 2.36. The molecule has 144 valence electrons. The van der Waals surface area contributed by atoms with Crippen molar-refractivity contribution in [3.05, 3.63) is 77.2 Å². The third-order valence-corrected chi connectivity index (χ3v) is 6.63. The lowest BCUT2D eigenvalue weighted by Gasteiger charge is -2.32. The fourth-order valence-corrected chi connectivity index (χ4v) is 5.14. The molecule has 0 unspecified atom stereocenters. The Bertz CT molecular complexity index is 1110. The van der Waals surface area contributed by atoms with Gasteiger partial charge in [-0.1, -0.05) is 60.1 Å². The molecule has 3 aromatic rings. The summed E-state index contributed by atoms with van der Waals surface area (Å²) in [6, 6.07) is 18.2. The minimum absolute atomic E-state index is 0.123. The van der Waals surface area contributed by atoms with Gasteiger partial charge >= 0.3 is 0 Å². The summed E-state index contributed by atoms with van der Waals surface area (Å²) in [5.74, 6) is -0.943. The lowest BCUT2D eigenvalue weighted by Crippen LogP contribution is -2.35. The normalized spacial score (nSPS) is 15.1. The molecule has 0 saturated heterocycles. The third kappa shape index (κ3) is 3.55. The topological polar surface area (TPSA) is 59.5 Å². The van der Waals surface area contributed by atoms with Crippen molar-refractivity contribution in [2.24, 2.45) is 0 Å². The van der Waals surface area contributed by atoms with E-state index in [0.717, 1.165) is 5.56 Å². The third-order valence-electron chi connectivity index (χ3n) is 4.43. The van der Waals surface area contributed by atoms with Crippen LogP contribution >= 0.6 is 11.6 Å². The molecule has 0 N–H and O–H groups in total. The SMILES string of the molecule is O=S1(=O)CCN(Cc2ccccc2)c2c(Oc3ccccc3)nc(F)c(Cl)c21. The number of pyridine rings is 1. The molecular formula is C20H16ClFN2O3S. The zero-order valence-electron chi connectivity index (χ0n) is 14.7. The van der Waals surface area contributed by atoms with Gasteiger partial charge in [-0.2, -0.15) is 9.37 Å². The second-order valence-corrected chi connectivity index (χ2v) is 8.76. The maximum absolute atomic E-state index is 14.4. The first-order valence-corrected chi connectivity index (χ1v) is 10.6. The molecule has 0 fully saturated rings. The molecule has 0 atom stereocenters. The molecule has 1 aliphatic rings. The zero-order valence-corrected chi connectivity index (χ0v) is 16.3. The summed E-state index contributed by atoms with van der Waals surface area (Å²) in [7, 11) is -3.77. The van der Waals surface area contributed by atoms with Gasteiger partial charge in [0.1, 0.15) is 21.4 Å². The summed E-state index contributed by atoms with van der Waals surface area (Å²) in [6.07, 6.45) is 0. The van der Waals surface area contributed by atoms with Gasteiger partial charge in [0.05, 0.1) is 5.75 Å². The Balaban J connectivity index is 1.87. The Morgan fingerprint density at radius 2 is 1.71 bits per heavy atom. The molecular weight excluding hydrogens is 403 g/mol. The first-order valence-electron chi connectivity index (χ1n) is 8.59. The number of hydrogen-bond donors (Lipinski definition) is 0. The van der Waals surface area contributed by atoms with Crippen LogP contribution < -0.4 is 9.64 Å². The molecule has 2 heterocycles. The monoisotopic (exact) mass is 418 g/mol. The van der Waals surface area contributed by atoms with Crippen LogP contribution in [0.15, 0.2) is 65.6 Å². The Morgan fingerprint density at radius 3 is 2.39 bits per heavy atom. The summed E-state index contributed by atoms with van der Waals surface area (Å²) < 4.78 is 45.5. The maximum atomic E-state index is 14.4. The van der Waals surface area contributed by atoms with Gasteiger partial charge in [0.2, 0.25) is 11.8 Å². The molecule has 28 heavy (non-hydrogen) atoms. The molecule has 1 aliphatic heterocycles. The molecule has 0 bridgehead atoms. The van der Waals surface area contributed by atoms with Crippen molar-refractivity contribution < 1.29 is 17.5 Å². The number of benzene rings is 2. The van der Waals surface area contributed by atoms with E-state index in [2.05, 4.69) is 4.98 Å². The van der Waals surface area contributed by atoms with Gasteiger partial charge < -0.3 is 9.64 Å². The summed E-state index contributed by atoms with van der Waals surface area (Å²) in [4.78, 5) is 5.35. The number of aromatic nitrogens is 1. The number of sulfone groups is 1. The van der Waals surface area contributed by atoms with Gasteiger partial charge in [0, 0.05) is 13.1 Å². The average Bonchev–Trinajstić information content (AvgIpc) is 2.69. The number of hydrogen-bond acceptors (Lipinski definition) is 5. The van der Waals surface area contributed by atoms with Crippen LogP contribution in [0.2, 0.25) is 5.02 Å². The van der Waals surface area contributed by atoms with E-state index in [1.807, 2.05) is 41.3 Å². The van der Waals surface area contributed by atoms with E-state index in [1.165, 1.54) is 0 Å². The van der Waals surface area contributed by atoms with Gasteiger partial charge in [-0.05, 0) is 17.7 Å². The highest BCUT2D eigenvalue weighted by molar-refractivity contribution is 7.91. The van der Waals surface area contributed by atoms with Crippen molar-refractivity contribution >= 4 is 27.1 Å². The first-order chi connectivity index (χ1) is 13.5. The lowest BCUT2D eigenvalue weighted by atomic mass is 10.2. The minimum atomic E-state index is -3.77. The first kappa shape index (κ1) is 18.7. The number of fused-ring (bicyclic) bond motifs is 1. The number of rotatable bonds is 4. The van der Waals surface area contributed by atoms with E-state index in [1.54, 1.807) is 24.3 Å². The second-order valence-electron chi connectivity index (χ2n) is 6.34. The van der Waals surface area contributed by atoms with Crippen LogP contribution in [0.3, 0.4) is 0 Å². The van der Waals surface area contributed by atoms with Gasteiger partial charge in [0.25, 0.3) is 0 Å². The van der Waals surface area contributed by atoms with Crippen LogP contribution in [0.25, 0.3) is 0 Å². The average molecular weight is 419 g/mol. The van der Waals surface area contributed by atoms with Crippen LogP contribution in [0, 0.1) is 5.95 Å². The molecule has 0 spiro atoms. The number of halogens is 2. The highest BCUT2D eigenvalue weighted by Crippen LogP contribution is 2.44. The number of anilines is 1. The Morgan fingerprint density at radius 1 is 1.07 bits per heavy atom. The van der Waals surface area contributed by atoms with E-state index in [0.29, 0.717) is 12.3 Å². The smallest absolute Gasteiger partial charge is 0.247 e. The van der Waals surface area contributed by atoms with E-state index in [9.17, 15) is 12.8 Å². The van der Waals surface area contributed by atoms with E-state index >= 15 is 0 Å². The van der Waals surface area contributed by atoms with Gasteiger partial charge in [-0.25, -0.2) is 8.42 Å². The Labute approximate surface area is 167 Å². The molecule has 0 amide bonds. The number of para-hydroxylation sites is 1. The molecule has 0 radical (unpaired) electrons. The summed E-state index contributed by atoms with van der Waals surface area (Å²) in [5.41, 5.74) is 1.16. The fraction of sp³-hybridized carbons (Fsp3) is 0.150. The summed E-state index contributed by atoms with van der Waals surface area (Å²) in [5, 5.41) is -0.506. The van der Waals surface area contributed by atoms with Crippen molar-refractivity contribution in [2.75, 3.05) is 17.2 Å². The predicted octanol–water partition coefficient (Wildman–Crippen LogP) is 4.46. The predicted molar refractivity (Wildman–Crippen MR) is 105 cm³/mol. The van der Waals surface area contributed by atoms with Crippen molar-refractivity contribution in [3.63, 3.8) is 0 Å². The minimum Gasteiger partial charge on any atom is -0.437 e. The highest BCUT2D eigenvalue weighted by atomic mass is 35.5. The van der Waals surface area contributed by atoms with Gasteiger partial charge in [-0.3, -0.25) is 0 Å². The maximum Gasteiger partial charge on any atom is 0.247 e. The zero-order chi connectivity index (χ0) is 19.7. The lowest BCUT2D eigenvalue weighted by molar-refractivity contribution is 0.439. The summed E-state index contributed by atoms with van der Waals surface area (Å²) >= 11 is 6.04. The molecule has 0 aliphatic carbocycles. The van der Waals surface area contributed by atoms with Crippen LogP contribution in [0.5, 0.6) is 11.6 Å². The summed E-state index contributed by atoms with van der Waals surface area (Å²) in [6.45, 7) is 0.636. The standard InChI is InChI=1S/C20H16ClFN2O3S/c21-16-18-17(20(23-19(16)22)27-15-9-5-2-6-10-15)24(11-12-28(18,25)26)13-14-7-3-1-4-8-14/h1-10H,11-13H2. The molecule has 0 saturated carbocycles. The molecule has 5 nitrogen and oxygen atoms in total. The fourth-order valence-electron chi connectivity index (χ4n) is 3.13. The van der Waals surface area contributed by atoms with Crippen LogP contribution in [0.4, 0.5) is 10.1 Å². The second kappa shape index (κ2) is 7.41. The van der Waals surface area contributed by atoms with Crippen molar-refractivity contribution in [1.29, 1.82) is 0 Å². The Kier molecular flexibility index (Phi) is 4.95. The molecule has 1 aromatic heterocycles. The van der Waals surface area contributed by atoms with E-state index in [4.69, 9.17) is 16.3 Å². The van der Waals surface area contributed by atoms with E-state index < -0.39 is 20.8 Å². The largest absolute Gasteiger partial charge is 0.437 e. The number of ether oxygens (including phenoxy) is 1. The van der Waals surface area contributed by atoms with Gasteiger partial charge in [-0.15, -0.1) is 0 Å². The van der Waals surface area contributed by atoms with Crippen molar-refractivity contribution in [2.45, 2.75) is 11.4 Å². The van der Waals surface area contributed by atoms with Crippen LogP contribution in [0.1, 0.15) is 5.56 Å². The Hall–Kier alpha value is -2.64. The van der Waals surface area contributed by atoms with Gasteiger partial charge in [0.15, 0.2) is 9.84 Å². The van der Waals surface area contributed by atoms with Crippen LogP contribution in [-0.2, 0) is 16.4 Å². The van der Waals surface area contributed by atoms with Crippen LogP contribution in [-0.4, -0.2) is 25.7 Å². The van der Waals surface area contributed by atoms with Crippen molar-refractivity contribution in [1.82, 2.24) is 4.98 Å². The molecule has 8 heteroatoms. The molecule has 2 aromatic carbocycles. The number of nitrogens with zero attached hydrogens (tertiary/aromatic N) is 2. The van der Waals surface area contributed by atoms with E-state index in [-0.39, 0.29) is 28.8 Å².